The Morgan fingerprint density at radius 1 is 1.44 bits per heavy atom. The van der Waals surface area contributed by atoms with Gasteiger partial charge in [0, 0.05) is 0 Å². The average molecular weight is 249 g/mol. The molecule has 0 amide bonds. The lowest BCUT2D eigenvalue weighted by molar-refractivity contribution is 0.456. The quantitative estimate of drug-likeness (QED) is 0.485. The molecule has 0 aliphatic heterocycles. The highest BCUT2D eigenvalue weighted by atomic mass is 32.2. The minimum Gasteiger partial charge on any atom is -0.386 e. The summed E-state index contributed by atoms with van der Waals surface area (Å²) in [4.78, 5) is 0. The molecule has 0 heterocycles. The molecular formula is C10H23N3O2S. The molecule has 96 valence electrons. The Morgan fingerprint density at radius 2 is 1.94 bits per heavy atom. The lowest BCUT2D eigenvalue weighted by Crippen LogP contribution is -2.46. The molecule has 0 saturated heterocycles. The van der Waals surface area contributed by atoms with Crippen LogP contribution in [-0.2, 0) is 10.0 Å². The lowest BCUT2D eigenvalue weighted by atomic mass is 10.0. The van der Waals surface area contributed by atoms with Crippen LogP contribution in [0, 0.1) is 10.8 Å². The molecule has 0 bridgehead atoms. The highest BCUT2D eigenvalue weighted by molar-refractivity contribution is 7.89. The van der Waals surface area contributed by atoms with E-state index in [1.54, 1.807) is 0 Å². The first-order chi connectivity index (χ1) is 7.07. The first kappa shape index (κ1) is 15.4. The third kappa shape index (κ3) is 6.79. The molecule has 0 saturated carbocycles. The van der Waals surface area contributed by atoms with Gasteiger partial charge in [-0.1, -0.05) is 34.1 Å². The van der Waals surface area contributed by atoms with Gasteiger partial charge in [0.25, 0.3) is 0 Å². The zero-order valence-corrected chi connectivity index (χ0v) is 11.3. The van der Waals surface area contributed by atoms with E-state index >= 15 is 0 Å². The third-order valence-corrected chi connectivity index (χ3v) is 3.79. The molecule has 1 atom stereocenters. The van der Waals surface area contributed by atoms with Crippen LogP contribution in [0.5, 0.6) is 0 Å². The van der Waals surface area contributed by atoms with Gasteiger partial charge in [-0.3, -0.25) is 5.41 Å². The number of amidine groups is 1. The summed E-state index contributed by atoms with van der Waals surface area (Å²) in [5.41, 5.74) is 5.04. The van der Waals surface area contributed by atoms with Gasteiger partial charge in [0.1, 0.15) is 5.84 Å². The van der Waals surface area contributed by atoms with Crippen LogP contribution in [0.25, 0.3) is 0 Å². The second kappa shape index (κ2) is 5.63. The largest absolute Gasteiger partial charge is 0.386 e. The summed E-state index contributed by atoms with van der Waals surface area (Å²) < 4.78 is 26.0. The second-order valence-electron chi connectivity index (χ2n) is 5.23. The molecular weight excluding hydrogens is 226 g/mol. The Balaban J connectivity index is 4.61. The van der Waals surface area contributed by atoms with Crippen molar-refractivity contribution >= 4 is 15.9 Å². The Labute approximate surface area is 98.4 Å². The smallest absolute Gasteiger partial charge is 0.212 e. The molecule has 1 unspecified atom stereocenters. The van der Waals surface area contributed by atoms with Crippen LogP contribution >= 0.6 is 0 Å². The van der Waals surface area contributed by atoms with Crippen molar-refractivity contribution < 1.29 is 8.42 Å². The van der Waals surface area contributed by atoms with Gasteiger partial charge in [0.15, 0.2) is 0 Å². The van der Waals surface area contributed by atoms with Crippen LogP contribution in [0.3, 0.4) is 0 Å². The highest BCUT2D eigenvalue weighted by Gasteiger charge is 2.25. The van der Waals surface area contributed by atoms with E-state index in [9.17, 15) is 8.42 Å². The summed E-state index contributed by atoms with van der Waals surface area (Å²) in [7, 11) is -3.38. The monoisotopic (exact) mass is 249 g/mol. The topological polar surface area (TPSA) is 96.0 Å². The van der Waals surface area contributed by atoms with E-state index in [-0.39, 0.29) is 17.0 Å². The van der Waals surface area contributed by atoms with Gasteiger partial charge >= 0.3 is 0 Å². The van der Waals surface area contributed by atoms with Crippen LogP contribution in [0.2, 0.25) is 0 Å². The van der Waals surface area contributed by atoms with Crippen molar-refractivity contribution in [3.05, 3.63) is 0 Å². The molecule has 5 nitrogen and oxygen atoms in total. The fraction of sp³-hybridized carbons (Fsp3) is 0.900. The van der Waals surface area contributed by atoms with Gasteiger partial charge in [-0.2, -0.15) is 0 Å². The second-order valence-corrected chi connectivity index (χ2v) is 6.99. The molecule has 0 aromatic rings. The Morgan fingerprint density at radius 3 is 2.25 bits per heavy atom. The molecule has 0 aliphatic carbocycles. The number of nitrogens with one attached hydrogen (secondary N) is 2. The van der Waals surface area contributed by atoms with Gasteiger partial charge in [-0.05, 0) is 11.8 Å². The number of nitrogens with two attached hydrogens (primary N) is 1. The summed E-state index contributed by atoms with van der Waals surface area (Å²) in [5.74, 6) is -0.0904. The maximum absolute atomic E-state index is 11.8. The van der Waals surface area contributed by atoms with Crippen molar-refractivity contribution in [1.82, 2.24) is 4.72 Å². The Hall–Kier alpha value is -0.620. The van der Waals surface area contributed by atoms with Crippen molar-refractivity contribution in [1.29, 1.82) is 5.41 Å². The van der Waals surface area contributed by atoms with E-state index in [4.69, 9.17) is 11.1 Å². The van der Waals surface area contributed by atoms with E-state index in [1.165, 1.54) is 0 Å². The van der Waals surface area contributed by atoms with Crippen molar-refractivity contribution in [2.24, 2.45) is 11.1 Å². The predicted molar refractivity (Wildman–Crippen MR) is 67.0 cm³/mol. The molecule has 0 spiro atoms. The van der Waals surface area contributed by atoms with Gasteiger partial charge in [-0.25, -0.2) is 13.1 Å². The van der Waals surface area contributed by atoms with Gasteiger partial charge in [0.2, 0.25) is 10.0 Å². The fourth-order valence-corrected chi connectivity index (χ4v) is 3.30. The summed E-state index contributed by atoms with van der Waals surface area (Å²) in [5, 5.41) is 7.32. The molecule has 0 aromatic carbocycles. The molecule has 16 heavy (non-hydrogen) atoms. The zero-order valence-electron chi connectivity index (χ0n) is 10.5. The first-order valence-electron chi connectivity index (χ1n) is 5.41. The lowest BCUT2D eigenvalue weighted by Gasteiger charge is -2.22. The van der Waals surface area contributed by atoms with E-state index in [0.717, 1.165) is 6.42 Å². The number of rotatable bonds is 6. The summed E-state index contributed by atoms with van der Waals surface area (Å²) >= 11 is 0. The van der Waals surface area contributed by atoms with Crippen LogP contribution in [0.1, 0.15) is 40.5 Å². The maximum Gasteiger partial charge on any atom is 0.212 e. The standard InChI is InChI=1S/C10H23N3O2S/c1-5-6-8(9(11)12)13-16(14,15)7-10(2,3)4/h8,13H,5-7H2,1-4H3,(H3,11,12). The van der Waals surface area contributed by atoms with E-state index in [0.29, 0.717) is 6.42 Å². The van der Waals surface area contributed by atoms with E-state index in [2.05, 4.69) is 4.72 Å². The average Bonchev–Trinajstić information content (AvgIpc) is 1.97. The molecule has 6 heteroatoms. The number of hydrogen-bond donors (Lipinski definition) is 3. The molecule has 0 fully saturated rings. The molecule has 0 radical (unpaired) electrons. The Kier molecular flexibility index (Phi) is 5.41. The first-order valence-corrected chi connectivity index (χ1v) is 7.06. The molecule has 0 rings (SSSR count). The zero-order chi connectivity index (χ0) is 13.0. The van der Waals surface area contributed by atoms with Crippen molar-refractivity contribution in [3.63, 3.8) is 0 Å². The summed E-state index contributed by atoms with van der Waals surface area (Å²) in [6.07, 6.45) is 1.33. The van der Waals surface area contributed by atoms with Crippen LogP contribution < -0.4 is 10.5 Å². The summed E-state index contributed by atoms with van der Waals surface area (Å²) in [6, 6.07) is -0.572. The van der Waals surface area contributed by atoms with Gasteiger partial charge in [0.05, 0.1) is 11.8 Å². The van der Waals surface area contributed by atoms with Crippen LogP contribution in [-0.4, -0.2) is 26.0 Å². The number of sulfonamides is 1. The summed E-state index contributed by atoms with van der Waals surface area (Å²) in [6.45, 7) is 7.49. The van der Waals surface area contributed by atoms with Crippen molar-refractivity contribution in [2.75, 3.05) is 5.75 Å². The number of hydrogen-bond acceptors (Lipinski definition) is 3. The molecule has 0 aromatic heterocycles. The van der Waals surface area contributed by atoms with Crippen molar-refractivity contribution in [3.8, 4) is 0 Å². The van der Waals surface area contributed by atoms with E-state index < -0.39 is 16.1 Å². The highest BCUT2D eigenvalue weighted by Crippen LogP contribution is 2.15. The molecule has 4 N–H and O–H groups in total. The van der Waals surface area contributed by atoms with Gasteiger partial charge < -0.3 is 5.73 Å². The third-order valence-electron chi connectivity index (χ3n) is 1.90. The minimum atomic E-state index is -3.38. The van der Waals surface area contributed by atoms with Crippen LogP contribution in [0.4, 0.5) is 0 Å². The minimum absolute atomic E-state index is 0.0352. The van der Waals surface area contributed by atoms with E-state index in [1.807, 2.05) is 27.7 Å². The van der Waals surface area contributed by atoms with Crippen LogP contribution in [0.15, 0.2) is 0 Å². The fourth-order valence-electron chi connectivity index (χ4n) is 1.40. The predicted octanol–water partition coefficient (Wildman–Crippen LogP) is 1.06. The normalized spacial score (nSPS) is 14.8. The SMILES string of the molecule is CCCC(NS(=O)(=O)CC(C)(C)C)C(=N)N. The van der Waals surface area contributed by atoms with Gasteiger partial charge in [-0.15, -0.1) is 0 Å². The molecule has 0 aliphatic rings. The van der Waals surface area contributed by atoms with Crippen molar-refractivity contribution in [2.45, 2.75) is 46.6 Å². The Bertz CT molecular complexity index is 330. The maximum atomic E-state index is 11.8.